The Morgan fingerprint density at radius 1 is 1.50 bits per heavy atom. The van der Waals surface area contributed by atoms with E-state index in [4.69, 9.17) is 0 Å². The van der Waals surface area contributed by atoms with Gasteiger partial charge in [-0.05, 0) is 26.8 Å². The van der Waals surface area contributed by atoms with Gasteiger partial charge in [-0.25, -0.2) is 4.79 Å². The molecule has 0 spiro atoms. The topological polar surface area (TPSA) is 35.6 Å². The quantitative estimate of drug-likeness (QED) is 0.712. The van der Waals surface area contributed by atoms with Crippen LogP contribution in [0.5, 0.6) is 0 Å². The number of amides is 2. The summed E-state index contributed by atoms with van der Waals surface area (Å²) in [6, 6.07) is 0.757. The second kappa shape index (κ2) is 5.20. The van der Waals surface area contributed by atoms with E-state index in [1.807, 2.05) is 25.9 Å². The van der Waals surface area contributed by atoms with Crippen molar-refractivity contribution in [2.45, 2.75) is 25.8 Å². The van der Waals surface area contributed by atoms with E-state index in [0.717, 1.165) is 32.5 Å². The molecule has 4 heteroatoms. The second-order valence-corrected chi connectivity index (χ2v) is 3.85. The number of rotatable bonds is 2. The third-order valence-electron chi connectivity index (χ3n) is 2.97. The lowest BCUT2D eigenvalue weighted by Gasteiger charge is -2.34. The summed E-state index contributed by atoms with van der Waals surface area (Å²) in [6.07, 6.45) is 2.14. The summed E-state index contributed by atoms with van der Waals surface area (Å²) in [6.45, 7) is 4.55. The highest BCUT2D eigenvalue weighted by molar-refractivity contribution is 5.74. The van der Waals surface area contributed by atoms with Crippen molar-refractivity contribution in [1.29, 1.82) is 0 Å². The number of nitrogens with zero attached hydrogens (tertiary/aromatic N) is 2. The Hall–Kier alpha value is -0.770. The van der Waals surface area contributed by atoms with E-state index in [2.05, 4.69) is 5.32 Å². The third-order valence-corrected chi connectivity index (χ3v) is 2.97. The first-order valence-corrected chi connectivity index (χ1v) is 5.36. The molecule has 4 nitrogen and oxygen atoms in total. The molecule has 0 aromatic carbocycles. The molecule has 82 valence electrons. The van der Waals surface area contributed by atoms with E-state index in [-0.39, 0.29) is 6.03 Å². The Morgan fingerprint density at radius 2 is 2.07 bits per heavy atom. The normalized spacial score (nSPS) is 18.4. The molecule has 0 saturated carbocycles. The maximum absolute atomic E-state index is 11.8. The van der Waals surface area contributed by atoms with Crippen LogP contribution in [0.1, 0.15) is 19.8 Å². The summed E-state index contributed by atoms with van der Waals surface area (Å²) in [4.78, 5) is 15.5. The number of hydrogen-bond acceptors (Lipinski definition) is 2. The Morgan fingerprint density at radius 3 is 2.50 bits per heavy atom. The van der Waals surface area contributed by atoms with Crippen molar-refractivity contribution in [3.05, 3.63) is 0 Å². The highest BCUT2D eigenvalue weighted by atomic mass is 16.2. The van der Waals surface area contributed by atoms with Crippen molar-refractivity contribution >= 4 is 6.03 Å². The predicted molar refractivity (Wildman–Crippen MR) is 57.4 cm³/mol. The fourth-order valence-corrected chi connectivity index (χ4v) is 1.74. The molecule has 0 bridgehead atoms. The maximum Gasteiger partial charge on any atom is 0.319 e. The van der Waals surface area contributed by atoms with E-state index < -0.39 is 0 Å². The van der Waals surface area contributed by atoms with E-state index in [0.29, 0.717) is 6.04 Å². The van der Waals surface area contributed by atoms with Crippen molar-refractivity contribution < 1.29 is 4.79 Å². The number of carbonyl (C=O) groups is 1. The smallest absolute Gasteiger partial charge is 0.319 e. The summed E-state index contributed by atoms with van der Waals surface area (Å²) >= 11 is 0. The Kier molecular flexibility index (Phi) is 4.20. The number of carbonyl (C=O) groups excluding carboxylic acids is 1. The Bertz CT molecular complexity index is 188. The third kappa shape index (κ3) is 2.61. The van der Waals surface area contributed by atoms with Gasteiger partial charge in [-0.1, -0.05) is 0 Å². The standard InChI is InChI=1S/C10H21N3O/c1-4-12(3)10(14)13-7-5-9(11-2)6-8-13/h9,11H,4-8H2,1-3H3. The first-order chi connectivity index (χ1) is 6.69. The fraction of sp³-hybridized carbons (Fsp3) is 0.900. The number of likely N-dealkylation sites (tertiary alicyclic amines) is 1. The zero-order valence-corrected chi connectivity index (χ0v) is 9.42. The molecular weight excluding hydrogens is 178 g/mol. The number of piperidine rings is 1. The zero-order chi connectivity index (χ0) is 10.6. The van der Waals surface area contributed by atoms with Crippen molar-refractivity contribution in [3.63, 3.8) is 0 Å². The molecule has 1 heterocycles. The molecular formula is C10H21N3O. The summed E-state index contributed by atoms with van der Waals surface area (Å²) in [5, 5.41) is 3.26. The molecule has 1 fully saturated rings. The zero-order valence-electron chi connectivity index (χ0n) is 9.42. The average molecular weight is 199 g/mol. The molecule has 0 unspecified atom stereocenters. The number of urea groups is 1. The van der Waals surface area contributed by atoms with Crippen LogP contribution in [0.4, 0.5) is 4.79 Å². The lowest BCUT2D eigenvalue weighted by atomic mass is 10.1. The SMILES string of the molecule is CCN(C)C(=O)N1CCC(NC)CC1. The lowest BCUT2D eigenvalue weighted by molar-refractivity contribution is 0.148. The molecule has 1 aliphatic rings. The first kappa shape index (κ1) is 11.3. The van der Waals surface area contributed by atoms with Crippen LogP contribution in [0.2, 0.25) is 0 Å². The first-order valence-electron chi connectivity index (χ1n) is 5.36. The van der Waals surface area contributed by atoms with E-state index in [9.17, 15) is 4.79 Å². The highest BCUT2D eigenvalue weighted by Crippen LogP contribution is 2.11. The molecule has 0 radical (unpaired) electrons. The fourth-order valence-electron chi connectivity index (χ4n) is 1.74. The van der Waals surface area contributed by atoms with Crippen LogP contribution < -0.4 is 5.32 Å². The van der Waals surface area contributed by atoms with Gasteiger partial charge in [0.1, 0.15) is 0 Å². The molecule has 0 aromatic heterocycles. The minimum Gasteiger partial charge on any atom is -0.328 e. The van der Waals surface area contributed by atoms with Gasteiger partial charge in [0, 0.05) is 32.7 Å². The molecule has 0 aromatic rings. The van der Waals surface area contributed by atoms with Crippen LogP contribution in [0.15, 0.2) is 0 Å². The van der Waals surface area contributed by atoms with Gasteiger partial charge in [0.2, 0.25) is 0 Å². The van der Waals surface area contributed by atoms with E-state index >= 15 is 0 Å². The number of hydrogen-bond donors (Lipinski definition) is 1. The van der Waals surface area contributed by atoms with Crippen LogP contribution in [-0.2, 0) is 0 Å². The van der Waals surface area contributed by atoms with E-state index in [1.165, 1.54) is 0 Å². The molecule has 1 aliphatic heterocycles. The highest BCUT2D eigenvalue weighted by Gasteiger charge is 2.23. The van der Waals surface area contributed by atoms with Gasteiger partial charge < -0.3 is 15.1 Å². The van der Waals surface area contributed by atoms with Crippen molar-refractivity contribution in [3.8, 4) is 0 Å². The second-order valence-electron chi connectivity index (χ2n) is 3.85. The van der Waals surface area contributed by atoms with Gasteiger partial charge in [-0.3, -0.25) is 0 Å². The Labute approximate surface area is 86.2 Å². The van der Waals surface area contributed by atoms with Crippen LogP contribution in [0.3, 0.4) is 0 Å². The Balaban J connectivity index is 2.37. The minimum absolute atomic E-state index is 0.169. The largest absolute Gasteiger partial charge is 0.328 e. The lowest BCUT2D eigenvalue weighted by Crippen LogP contribution is -2.48. The molecule has 1 N–H and O–H groups in total. The summed E-state index contributed by atoms with van der Waals surface area (Å²) in [5.41, 5.74) is 0. The van der Waals surface area contributed by atoms with Gasteiger partial charge in [0.05, 0.1) is 0 Å². The van der Waals surface area contributed by atoms with Crippen LogP contribution in [-0.4, -0.2) is 55.6 Å². The van der Waals surface area contributed by atoms with Gasteiger partial charge in [0.15, 0.2) is 0 Å². The monoisotopic (exact) mass is 199 g/mol. The van der Waals surface area contributed by atoms with Crippen LogP contribution >= 0.6 is 0 Å². The van der Waals surface area contributed by atoms with Gasteiger partial charge in [-0.2, -0.15) is 0 Å². The molecule has 1 saturated heterocycles. The van der Waals surface area contributed by atoms with Crippen molar-refractivity contribution in [1.82, 2.24) is 15.1 Å². The molecule has 0 atom stereocenters. The maximum atomic E-state index is 11.8. The van der Waals surface area contributed by atoms with E-state index in [1.54, 1.807) is 4.90 Å². The van der Waals surface area contributed by atoms with Gasteiger partial charge >= 0.3 is 6.03 Å². The predicted octanol–water partition coefficient (Wildman–Crippen LogP) is 0.742. The summed E-state index contributed by atoms with van der Waals surface area (Å²) in [5.74, 6) is 0. The van der Waals surface area contributed by atoms with Gasteiger partial charge in [0.25, 0.3) is 0 Å². The molecule has 1 rings (SSSR count). The molecule has 0 aliphatic carbocycles. The van der Waals surface area contributed by atoms with Gasteiger partial charge in [-0.15, -0.1) is 0 Å². The summed E-state index contributed by atoms with van der Waals surface area (Å²) < 4.78 is 0. The van der Waals surface area contributed by atoms with Crippen molar-refractivity contribution in [2.75, 3.05) is 33.7 Å². The summed E-state index contributed by atoms with van der Waals surface area (Å²) in [7, 11) is 3.84. The molecule has 2 amide bonds. The average Bonchev–Trinajstić information content (AvgIpc) is 2.27. The number of nitrogens with one attached hydrogen (secondary N) is 1. The molecule has 14 heavy (non-hydrogen) atoms. The van der Waals surface area contributed by atoms with Crippen LogP contribution in [0.25, 0.3) is 0 Å². The minimum atomic E-state index is 0.169. The van der Waals surface area contributed by atoms with Crippen molar-refractivity contribution in [2.24, 2.45) is 0 Å². The van der Waals surface area contributed by atoms with Crippen LogP contribution in [0, 0.1) is 0 Å².